The Balaban J connectivity index is 1.61. The molecule has 1 aromatic heterocycles. The van der Waals surface area contributed by atoms with Gasteiger partial charge in [-0.25, -0.2) is 0 Å². The third-order valence-electron chi connectivity index (χ3n) is 3.66. The highest BCUT2D eigenvalue weighted by Gasteiger charge is 2.13. The molecule has 1 heterocycles. The number of nitrogens with zero attached hydrogens (tertiary/aromatic N) is 2. The summed E-state index contributed by atoms with van der Waals surface area (Å²) in [7, 11) is 0. The molecule has 3 aromatic rings. The fourth-order valence-electron chi connectivity index (χ4n) is 2.65. The zero-order valence-corrected chi connectivity index (χ0v) is 16.3. The van der Waals surface area contributed by atoms with Crippen LogP contribution >= 0.6 is 11.8 Å². The summed E-state index contributed by atoms with van der Waals surface area (Å²) in [4.78, 5) is 12.2. The zero-order valence-electron chi connectivity index (χ0n) is 15.5. The van der Waals surface area contributed by atoms with Crippen molar-refractivity contribution in [2.75, 3.05) is 17.7 Å². The van der Waals surface area contributed by atoms with Gasteiger partial charge < -0.3 is 14.5 Å². The second-order valence-corrected chi connectivity index (χ2v) is 6.94. The molecule has 1 N–H and O–H groups in total. The topological polar surface area (TPSA) is 77.2 Å². The van der Waals surface area contributed by atoms with E-state index in [1.165, 1.54) is 11.8 Å². The number of carbonyl (C=O) groups excluding carboxylic acids is 1. The molecular formula is C20H21N3O3S. The lowest BCUT2D eigenvalue weighted by Gasteiger charge is -2.10. The van der Waals surface area contributed by atoms with E-state index in [0.717, 1.165) is 16.7 Å². The molecule has 1 amide bonds. The molecule has 0 atom stereocenters. The minimum absolute atomic E-state index is 0.162. The maximum Gasteiger partial charge on any atom is 0.277 e. The first-order valence-corrected chi connectivity index (χ1v) is 9.60. The lowest BCUT2D eigenvalue weighted by atomic mass is 10.1. The number of amides is 1. The number of para-hydroxylation sites is 2. The summed E-state index contributed by atoms with van der Waals surface area (Å²) >= 11 is 1.20. The predicted octanol–water partition coefficient (Wildman–Crippen LogP) is 4.48. The molecule has 2 aromatic carbocycles. The van der Waals surface area contributed by atoms with Crippen molar-refractivity contribution in [2.24, 2.45) is 0 Å². The van der Waals surface area contributed by atoms with Gasteiger partial charge in [-0.05, 0) is 45.0 Å². The van der Waals surface area contributed by atoms with Gasteiger partial charge in [-0.1, -0.05) is 41.1 Å². The second kappa shape index (κ2) is 8.73. The van der Waals surface area contributed by atoms with E-state index in [0.29, 0.717) is 29.2 Å². The summed E-state index contributed by atoms with van der Waals surface area (Å²) < 4.78 is 11.2. The van der Waals surface area contributed by atoms with Crippen LogP contribution in [0.4, 0.5) is 5.69 Å². The van der Waals surface area contributed by atoms with Crippen LogP contribution in [0.3, 0.4) is 0 Å². The zero-order chi connectivity index (χ0) is 19.2. The monoisotopic (exact) mass is 383 g/mol. The van der Waals surface area contributed by atoms with Crippen LogP contribution < -0.4 is 10.1 Å². The number of carbonyl (C=O) groups is 1. The van der Waals surface area contributed by atoms with E-state index in [-0.39, 0.29) is 11.7 Å². The molecule has 140 valence electrons. The van der Waals surface area contributed by atoms with Gasteiger partial charge >= 0.3 is 0 Å². The van der Waals surface area contributed by atoms with Crippen molar-refractivity contribution in [2.45, 2.75) is 26.0 Å². The number of anilines is 1. The van der Waals surface area contributed by atoms with Crippen molar-refractivity contribution in [1.82, 2.24) is 10.2 Å². The average molecular weight is 383 g/mol. The summed E-state index contributed by atoms with van der Waals surface area (Å²) in [6.45, 7) is 6.47. The molecule has 0 saturated heterocycles. The van der Waals surface area contributed by atoms with Crippen LogP contribution in [0.5, 0.6) is 5.75 Å². The third kappa shape index (κ3) is 5.10. The van der Waals surface area contributed by atoms with Crippen molar-refractivity contribution in [3.05, 3.63) is 53.6 Å². The van der Waals surface area contributed by atoms with Gasteiger partial charge in [0.1, 0.15) is 5.75 Å². The largest absolute Gasteiger partial charge is 0.492 e. The molecule has 3 rings (SSSR count). The first-order valence-electron chi connectivity index (χ1n) is 8.62. The summed E-state index contributed by atoms with van der Waals surface area (Å²) in [5, 5.41) is 11.3. The van der Waals surface area contributed by atoms with E-state index in [1.54, 1.807) is 6.07 Å². The molecule has 0 aliphatic heterocycles. The van der Waals surface area contributed by atoms with Crippen molar-refractivity contribution in [3.8, 4) is 17.2 Å². The number of aromatic nitrogens is 2. The molecule has 0 unspecified atom stereocenters. The van der Waals surface area contributed by atoms with Crippen LogP contribution in [-0.2, 0) is 4.79 Å². The Hall–Kier alpha value is -2.80. The molecule has 0 saturated carbocycles. The smallest absolute Gasteiger partial charge is 0.277 e. The molecule has 0 aliphatic carbocycles. The highest BCUT2D eigenvalue weighted by molar-refractivity contribution is 7.99. The van der Waals surface area contributed by atoms with Crippen LogP contribution in [0.2, 0.25) is 0 Å². The van der Waals surface area contributed by atoms with E-state index in [2.05, 4.69) is 21.6 Å². The fraction of sp³-hybridized carbons (Fsp3) is 0.250. The van der Waals surface area contributed by atoms with Gasteiger partial charge in [-0.3, -0.25) is 4.79 Å². The Morgan fingerprint density at radius 3 is 2.63 bits per heavy atom. The highest BCUT2D eigenvalue weighted by Crippen LogP contribution is 2.26. The number of aryl methyl sites for hydroxylation is 2. The van der Waals surface area contributed by atoms with E-state index < -0.39 is 0 Å². The number of thioether (sulfide) groups is 1. The van der Waals surface area contributed by atoms with Crippen LogP contribution in [0.1, 0.15) is 18.1 Å². The van der Waals surface area contributed by atoms with Crippen molar-refractivity contribution < 1.29 is 13.9 Å². The Labute approximate surface area is 162 Å². The highest BCUT2D eigenvalue weighted by atomic mass is 32.2. The summed E-state index contributed by atoms with van der Waals surface area (Å²) in [5.41, 5.74) is 3.78. The number of hydrogen-bond acceptors (Lipinski definition) is 6. The van der Waals surface area contributed by atoms with Gasteiger partial charge in [0.25, 0.3) is 5.22 Å². The first kappa shape index (κ1) is 19.0. The first-order chi connectivity index (χ1) is 13.0. The maximum absolute atomic E-state index is 12.2. The number of hydrogen-bond donors (Lipinski definition) is 1. The SMILES string of the molecule is CCOc1ccccc1NC(=O)CSc1nnc(-c2cc(C)cc(C)c2)o1. The number of ether oxygens (including phenoxy) is 1. The number of nitrogens with one attached hydrogen (secondary N) is 1. The average Bonchev–Trinajstić information content (AvgIpc) is 3.10. The van der Waals surface area contributed by atoms with E-state index in [9.17, 15) is 4.79 Å². The fourth-order valence-corrected chi connectivity index (χ4v) is 3.21. The van der Waals surface area contributed by atoms with Gasteiger partial charge in [0, 0.05) is 5.56 Å². The van der Waals surface area contributed by atoms with E-state index in [4.69, 9.17) is 9.15 Å². The van der Waals surface area contributed by atoms with Crippen molar-refractivity contribution >= 4 is 23.4 Å². The maximum atomic E-state index is 12.2. The van der Waals surface area contributed by atoms with Gasteiger partial charge in [-0.2, -0.15) is 0 Å². The molecule has 27 heavy (non-hydrogen) atoms. The molecule has 6 nitrogen and oxygen atoms in total. The molecule has 7 heteroatoms. The molecule has 0 bridgehead atoms. The van der Waals surface area contributed by atoms with Crippen molar-refractivity contribution in [1.29, 1.82) is 0 Å². The van der Waals surface area contributed by atoms with Crippen LogP contribution in [0.25, 0.3) is 11.5 Å². The Morgan fingerprint density at radius 2 is 1.89 bits per heavy atom. The summed E-state index contributed by atoms with van der Waals surface area (Å²) in [6.07, 6.45) is 0. The molecule has 0 aliphatic rings. The van der Waals surface area contributed by atoms with Crippen molar-refractivity contribution in [3.63, 3.8) is 0 Å². The summed E-state index contributed by atoms with van der Waals surface area (Å²) in [6, 6.07) is 13.4. The van der Waals surface area contributed by atoms with E-state index in [1.807, 2.05) is 51.1 Å². The molecule has 0 spiro atoms. The van der Waals surface area contributed by atoms with Gasteiger partial charge in [0.15, 0.2) is 0 Å². The van der Waals surface area contributed by atoms with Gasteiger partial charge in [0.05, 0.1) is 18.0 Å². The van der Waals surface area contributed by atoms with Gasteiger partial charge in [0.2, 0.25) is 11.8 Å². The molecule has 0 radical (unpaired) electrons. The van der Waals surface area contributed by atoms with Crippen LogP contribution in [0, 0.1) is 13.8 Å². The standard InChI is InChI=1S/C20H21N3O3S/c1-4-25-17-8-6-5-7-16(17)21-18(24)12-27-20-23-22-19(26-20)15-10-13(2)9-14(3)11-15/h5-11H,4,12H2,1-3H3,(H,21,24). The van der Waals surface area contributed by atoms with Crippen LogP contribution in [0.15, 0.2) is 52.1 Å². The molecule has 0 fully saturated rings. The van der Waals surface area contributed by atoms with Gasteiger partial charge in [-0.15, -0.1) is 10.2 Å². The number of benzene rings is 2. The lowest BCUT2D eigenvalue weighted by molar-refractivity contribution is -0.113. The molecular weight excluding hydrogens is 362 g/mol. The minimum Gasteiger partial charge on any atom is -0.492 e. The van der Waals surface area contributed by atoms with Crippen LogP contribution in [-0.4, -0.2) is 28.5 Å². The second-order valence-electron chi connectivity index (χ2n) is 6.02. The van der Waals surface area contributed by atoms with E-state index >= 15 is 0 Å². The minimum atomic E-state index is -0.168. The lowest BCUT2D eigenvalue weighted by Crippen LogP contribution is -2.14. The predicted molar refractivity (Wildman–Crippen MR) is 106 cm³/mol. The Kier molecular flexibility index (Phi) is 6.13. The number of rotatable bonds is 7. The Morgan fingerprint density at radius 1 is 1.15 bits per heavy atom. The third-order valence-corrected chi connectivity index (χ3v) is 4.48. The Bertz CT molecular complexity index is 919. The normalized spacial score (nSPS) is 10.6. The quantitative estimate of drug-likeness (QED) is 0.606. The summed E-state index contributed by atoms with van der Waals surface area (Å²) in [5.74, 6) is 1.09.